The van der Waals surface area contributed by atoms with Gasteiger partial charge in [0.2, 0.25) is 5.88 Å². The zero-order chi connectivity index (χ0) is 16.1. The lowest BCUT2D eigenvalue weighted by Crippen LogP contribution is -2.29. The molecule has 0 bridgehead atoms. The summed E-state index contributed by atoms with van der Waals surface area (Å²) in [5, 5.41) is 0.370. The highest BCUT2D eigenvalue weighted by Crippen LogP contribution is 2.29. The van der Waals surface area contributed by atoms with Crippen molar-refractivity contribution in [3.63, 3.8) is 0 Å². The topological polar surface area (TPSA) is 31.4 Å². The van der Waals surface area contributed by atoms with Crippen molar-refractivity contribution < 1.29 is 8.92 Å². The molecular weight excluding hydrogens is 326 g/mol. The summed E-state index contributed by atoms with van der Waals surface area (Å²) in [5.41, 5.74) is 2.05. The quantitative estimate of drug-likeness (QED) is 0.557. The first kappa shape index (κ1) is 16.7. The molecule has 23 heavy (non-hydrogen) atoms. The molecule has 1 fully saturated rings. The molecule has 2 heterocycles. The molecule has 1 aromatic heterocycles. The average molecular weight is 348 g/mol. The third-order valence-corrected chi connectivity index (χ3v) is 5.76. The minimum absolute atomic E-state index is 0.0851. The van der Waals surface area contributed by atoms with E-state index >= 15 is 0 Å². The van der Waals surface area contributed by atoms with Crippen LogP contribution in [0.3, 0.4) is 0 Å². The fourth-order valence-corrected chi connectivity index (χ4v) is 3.78. The molecule has 1 aliphatic heterocycles. The van der Waals surface area contributed by atoms with E-state index in [0.29, 0.717) is 11.1 Å². The van der Waals surface area contributed by atoms with Gasteiger partial charge in [-0.25, -0.2) is 4.98 Å². The molecule has 0 saturated carbocycles. The minimum atomic E-state index is 0.0851. The van der Waals surface area contributed by atoms with Crippen LogP contribution in [0.2, 0.25) is 0 Å². The van der Waals surface area contributed by atoms with Crippen molar-refractivity contribution in [2.24, 2.45) is 0 Å². The van der Waals surface area contributed by atoms with Crippen LogP contribution >= 0.6 is 23.8 Å². The van der Waals surface area contributed by atoms with Crippen molar-refractivity contribution in [2.45, 2.75) is 36.0 Å². The minimum Gasteiger partial charge on any atom is -0.473 e. The number of hydrogen-bond acceptors (Lipinski definition) is 5. The highest BCUT2D eigenvalue weighted by molar-refractivity contribution is 7.98. The molecule has 1 aliphatic rings. The zero-order valence-electron chi connectivity index (χ0n) is 13.4. The summed E-state index contributed by atoms with van der Waals surface area (Å²) >= 11 is 3.28. The second kappa shape index (κ2) is 8.08. The standard InChI is InChI=1S/C18H21NO2S2/c1-13(17-6-4-12-20-23-17)21-18-7-3-5-16(19-18)14-8-10-15(22-2)11-9-14/h3,5,7-11,13,17H,4,6,12H2,1-2H3. The zero-order valence-corrected chi connectivity index (χ0v) is 15.0. The molecule has 2 unspecified atom stereocenters. The molecule has 1 saturated heterocycles. The van der Waals surface area contributed by atoms with E-state index in [1.54, 1.807) is 23.8 Å². The smallest absolute Gasteiger partial charge is 0.214 e. The lowest BCUT2D eigenvalue weighted by atomic mass is 10.1. The highest BCUT2D eigenvalue weighted by Gasteiger charge is 2.23. The summed E-state index contributed by atoms with van der Waals surface area (Å²) in [5.74, 6) is 0.676. The number of rotatable bonds is 5. The predicted octanol–water partition coefficient (Wildman–Crippen LogP) is 5.07. The number of nitrogens with zero attached hydrogens (tertiary/aromatic N) is 1. The van der Waals surface area contributed by atoms with Crippen LogP contribution in [0.25, 0.3) is 11.3 Å². The van der Waals surface area contributed by atoms with E-state index in [0.717, 1.165) is 30.7 Å². The lowest BCUT2D eigenvalue weighted by molar-refractivity contribution is 0.189. The van der Waals surface area contributed by atoms with Crippen molar-refractivity contribution in [1.29, 1.82) is 0 Å². The Morgan fingerprint density at radius 1 is 1.26 bits per heavy atom. The SMILES string of the molecule is CSc1ccc(-c2cccc(OC(C)C3CCCOS3)n2)cc1. The lowest BCUT2D eigenvalue weighted by Gasteiger charge is -2.26. The summed E-state index contributed by atoms with van der Waals surface area (Å²) in [6.45, 7) is 2.93. The molecule has 0 amide bonds. The molecule has 2 aromatic rings. The van der Waals surface area contributed by atoms with Crippen LogP contribution in [-0.2, 0) is 4.18 Å². The molecule has 0 spiro atoms. The van der Waals surface area contributed by atoms with Gasteiger partial charge in [-0.1, -0.05) is 18.2 Å². The summed E-state index contributed by atoms with van der Waals surface area (Å²) in [4.78, 5) is 5.91. The Morgan fingerprint density at radius 3 is 2.78 bits per heavy atom. The van der Waals surface area contributed by atoms with Gasteiger partial charge >= 0.3 is 0 Å². The van der Waals surface area contributed by atoms with Gasteiger partial charge in [0.15, 0.2) is 0 Å². The van der Waals surface area contributed by atoms with Crippen LogP contribution in [-0.4, -0.2) is 29.2 Å². The normalized spacial score (nSPS) is 19.3. The first-order valence-electron chi connectivity index (χ1n) is 7.82. The van der Waals surface area contributed by atoms with E-state index in [1.165, 1.54) is 4.90 Å². The molecule has 122 valence electrons. The molecule has 5 heteroatoms. The molecule has 0 N–H and O–H groups in total. The van der Waals surface area contributed by atoms with E-state index in [1.807, 2.05) is 18.2 Å². The van der Waals surface area contributed by atoms with Gasteiger partial charge < -0.3 is 8.92 Å². The van der Waals surface area contributed by atoms with Gasteiger partial charge in [0, 0.05) is 16.5 Å². The monoisotopic (exact) mass is 347 g/mol. The van der Waals surface area contributed by atoms with Crippen molar-refractivity contribution in [3.05, 3.63) is 42.5 Å². The van der Waals surface area contributed by atoms with E-state index < -0.39 is 0 Å². The Kier molecular flexibility index (Phi) is 5.86. The summed E-state index contributed by atoms with van der Waals surface area (Å²) in [6.07, 6.45) is 4.39. The summed E-state index contributed by atoms with van der Waals surface area (Å²) in [7, 11) is 0. The van der Waals surface area contributed by atoms with Crippen LogP contribution < -0.4 is 4.74 Å². The largest absolute Gasteiger partial charge is 0.473 e. The van der Waals surface area contributed by atoms with Crippen molar-refractivity contribution in [1.82, 2.24) is 4.98 Å². The maximum Gasteiger partial charge on any atom is 0.214 e. The molecule has 3 rings (SSSR count). The van der Waals surface area contributed by atoms with Crippen LogP contribution in [0.15, 0.2) is 47.4 Å². The second-order valence-corrected chi connectivity index (χ2v) is 7.42. The van der Waals surface area contributed by atoms with Crippen LogP contribution in [0.5, 0.6) is 5.88 Å². The number of ether oxygens (including phenoxy) is 1. The Balaban J connectivity index is 1.71. The van der Waals surface area contributed by atoms with Crippen LogP contribution in [0.4, 0.5) is 0 Å². The number of hydrogen-bond donors (Lipinski definition) is 0. The van der Waals surface area contributed by atoms with Crippen molar-refractivity contribution in [2.75, 3.05) is 12.9 Å². The maximum atomic E-state index is 6.04. The van der Waals surface area contributed by atoms with Gasteiger partial charge in [-0.15, -0.1) is 11.8 Å². The highest BCUT2D eigenvalue weighted by atomic mass is 32.2. The molecule has 0 radical (unpaired) electrons. The Hall–Kier alpha value is -1.17. The van der Waals surface area contributed by atoms with Gasteiger partial charge in [0.05, 0.1) is 17.6 Å². The van der Waals surface area contributed by atoms with E-state index in [4.69, 9.17) is 8.92 Å². The van der Waals surface area contributed by atoms with Gasteiger partial charge in [0.25, 0.3) is 0 Å². The van der Waals surface area contributed by atoms with E-state index in [2.05, 4.69) is 42.4 Å². The maximum absolute atomic E-state index is 6.04. The average Bonchev–Trinajstić information content (AvgIpc) is 2.63. The molecule has 2 atom stereocenters. The molecule has 3 nitrogen and oxygen atoms in total. The van der Waals surface area contributed by atoms with Gasteiger partial charge in [-0.3, -0.25) is 0 Å². The third kappa shape index (κ3) is 4.43. The fourth-order valence-electron chi connectivity index (χ4n) is 2.51. The molecular formula is C18H21NO2S2. The van der Waals surface area contributed by atoms with E-state index in [9.17, 15) is 0 Å². The Bertz CT molecular complexity index is 627. The van der Waals surface area contributed by atoms with Gasteiger partial charge in [0.1, 0.15) is 6.10 Å². The number of benzene rings is 1. The summed E-state index contributed by atoms with van der Waals surface area (Å²) < 4.78 is 11.5. The van der Waals surface area contributed by atoms with Gasteiger partial charge in [-0.05, 0) is 56.3 Å². The number of pyridine rings is 1. The summed E-state index contributed by atoms with van der Waals surface area (Å²) in [6, 6.07) is 14.4. The predicted molar refractivity (Wildman–Crippen MR) is 98.1 cm³/mol. The van der Waals surface area contributed by atoms with Crippen molar-refractivity contribution >= 4 is 23.8 Å². The first-order chi connectivity index (χ1) is 11.3. The molecule has 1 aromatic carbocycles. The van der Waals surface area contributed by atoms with Crippen molar-refractivity contribution in [3.8, 4) is 17.1 Å². The van der Waals surface area contributed by atoms with E-state index in [-0.39, 0.29) is 6.10 Å². The van der Waals surface area contributed by atoms with Gasteiger partial charge in [-0.2, -0.15) is 0 Å². The second-order valence-electron chi connectivity index (χ2n) is 5.51. The van der Waals surface area contributed by atoms with Crippen LogP contribution in [0, 0.1) is 0 Å². The van der Waals surface area contributed by atoms with Crippen LogP contribution in [0.1, 0.15) is 19.8 Å². The number of thioether (sulfide) groups is 1. The number of aromatic nitrogens is 1. The third-order valence-electron chi connectivity index (χ3n) is 3.85. The fraction of sp³-hybridized carbons (Fsp3) is 0.389. The first-order valence-corrected chi connectivity index (χ1v) is 9.85. The molecule has 0 aliphatic carbocycles. The Labute approximate surface area is 146 Å². The Morgan fingerprint density at radius 2 is 2.09 bits per heavy atom.